The third-order valence-corrected chi connectivity index (χ3v) is 4.08. The Kier molecular flexibility index (Phi) is 3.79. The molecule has 19 heavy (non-hydrogen) atoms. The summed E-state index contributed by atoms with van der Waals surface area (Å²) >= 11 is 0. The van der Waals surface area contributed by atoms with Crippen molar-refractivity contribution in [2.75, 3.05) is 6.54 Å². The molecule has 1 N–H and O–H groups in total. The van der Waals surface area contributed by atoms with Crippen molar-refractivity contribution in [3.63, 3.8) is 0 Å². The van der Waals surface area contributed by atoms with Gasteiger partial charge in [-0.3, -0.25) is 4.98 Å². The molecular weight excluding hydrogens is 232 g/mol. The summed E-state index contributed by atoms with van der Waals surface area (Å²) in [5.74, 6) is 0. The maximum absolute atomic E-state index is 4.46. The van der Waals surface area contributed by atoms with Crippen molar-refractivity contribution in [2.24, 2.45) is 0 Å². The molecule has 0 saturated carbocycles. The second-order valence-corrected chi connectivity index (χ2v) is 5.73. The van der Waals surface area contributed by atoms with Crippen LogP contribution in [0.4, 0.5) is 0 Å². The molecule has 2 aromatic rings. The molecule has 1 atom stereocenters. The van der Waals surface area contributed by atoms with E-state index in [1.165, 1.54) is 55.2 Å². The summed E-state index contributed by atoms with van der Waals surface area (Å²) in [7, 11) is 0. The number of hydrogen-bond acceptors (Lipinski definition) is 2. The molecule has 2 heterocycles. The van der Waals surface area contributed by atoms with E-state index in [0.29, 0.717) is 0 Å². The first-order chi connectivity index (χ1) is 9.31. The van der Waals surface area contributed by atoms with E-state index in [1.807, 2.05) is 6.20 Å². The van der Waals surface area contributed by atoms with Gasteiger partial charge in [-0.05, 0) is 68.5 Å². The van der Waals surface area contributed by atoms with E-state index < -0.39 is 0 Å². The molecule has 0 spiro atoms. The molecule has 2 heteroatoms. The van der Waals surface area contributed by atoms with Crippen LogP contribution in [0.15, 0.2) is 30.5 Å². The first kappa shape index (κ1) is 12.6. The number of piperidine rings is 1. The third kappa shape index (κ3) is 3.13. The molecular formula is C17H22N2. The molecule has 1 saturated heterocycles. The van der Waals surface area contributed by atoms with Crippen LogP contribution in [0, 0.1) is 6.92 Å². The zero-order valence-corrected chi connectivity index (χ0v) is 11.7. The third-order valence-electron chi connectivity index (χ3n) is 4.08. The minimum Gasteiger partial charge on any atom is -0.314 e. The molecule has 1 unspecified atom stereocenters. The minimum absolute atomic E-state index is 0.722. The first-order valence-electron chi connectivity index (χ1n) is 7.40. The summed E-state index contributed by atoms with van der Waals surface area (Å²) in [5.41, 5.74) is 3.77. The van der Waals surface area contributed by atoms with Gasteiger partial charge in [0.15, 0.2) is 0 Å². The predicted octanol–water partition coefficient (Wildman–Crippen LogP) is 3.62. The Morgan fingerprint density at radius 3 is 3.05 bits per heavy atom. The fourth-order valence-electron chi connectivity index (χ4n) is 2.96. The number of pyridine rings is 1. The highest BCUT2D eigenvalue weighted by molar-refractivity contribution is 5.79. The largest absolute Gasteiger partial charge is 0.314 e. The number of rotatable bonds is 3. The summed E-state index contributed by atoms with van der Waals surface area (Å²) in [4.78, 5) is 4.46. The van der Waals surface area contributed by atoms with E-state index in [-0.39, 0.29) is 0 Å². The van der Waals surface area contributed by atoms with E-state index in [1.54, 1.807) is 0 Å². The van der Waals surface area contributed by atoms with Crippen molar-refractivity contribution in [1.29, 1.82) is 0 Å². The summed E-state index contributed by atoms with van der Waals surface area (Å²) in [6.07, 6.45) is 8.43. The topological polar surface area (TPSA) is 24.9 Å². The molecule has 1 aliphatic rings. The average Bonchev–Trinajstić information content (AvgIpc) is 2.46. The Labute approximate surface area is 115 Å². The van der Waals surface area contributed by atoms with Crippen LogP contribution in [0.5, 0.6) is 0 Å². The average molecular weight is 254 g/mol. The van der Waals surface area contributed by atoms with E-state index in [2.05, 4.69) is 41.5 Å². The lowest BCUT2D eigenvalue weighted by Crippen LogP contribution is -2.34. The van der Waals surface area contributed by atoms with Gasteiger partial charge in [0, 0.05) is 17.6 Å². The minimum atomic E-state index is 0.722. The molecule has 0 radical (unpaired) electrons. The van der Waals surface area contributed by atoms with Gasteiger partial charge < -0.3 is 5.32 Å². The highest BCUT2D eigenvalue weighted by Gasteiger charge is 2.12. The van der Waals surface area contributed by atoms with Crippen LogP contribution in [0.2, 0.25) is 0 Å². The number of aromatic nitrogens is 1. The van der Waals surface area contributed by atoms with Crippen molar-refractivity contribution < 1.29 is 0 Å². The molecule has 1 aromatic carbocycles. The van der Waals surface area contributed by atoms with Crippen LogP contribution in [-0.2, 0) is 6.42 Å². The Balaban J connectivity index is 1.70. The highest BCUT2D eigenvalue weighted by atomic mass is 14.9. The Morgan fingerprint density at radius 1 is 1.26 bits per heavy atom. The molecule has 1 fully saturated rings. The van der Waals surface area contributed by atoms with Crippen LogP contribution in [-0.4, -0.2) is 17.6 Å². The van der Waals surface area contributed by atoms with Crippen LogP contribution in [0.3, 0.4) is 0 Å². The Bertz CT molecular complexity index is 556. The number of fused-ring (bicyclic) bond motifs is 1. The van der Waals surface area contributed by atoms with Gasteiger partial charge in [0.25, 0.3) is 0 Å². The zero-order valence-electron chi connectivity index (χ0n) is 11.7. The molecule has 1 aliphatic heterocycles. The number of nitrogens with zero attached hydrogens (tertiary/aromatic N) is 1. The van der Waals surface area contributed by atoms with Gasteiger partial charge in [-0.15, -0.1) is 0 Å². The lowest BCUT2D eigenvalue weighted by atomic mass is 9.97. The van der Waals surface area contributed by atoms with Gasteiger partial charge in [0.1, 0.15) is 0 Å². The lowest BCUT2D eigenvalue weighted by molar-refractivity contribution is 0.383. The van der Waals surface area contributed by atoms with Gasteiger partial charge in [-0.2, -0.15) is 0 Å². The second-order valence-electron chi connectivity index (χ2n) is 5.73. The van der Waals surface area contributed by atoms with Gasteiger partial charge in [0.05, 0.1) is 5.52 Å². The van der Waals surface area contributed by atoms with E-state index in [9.17, 15) is 0 Å². The summed E-state index contributed by atoms with van der Waals surface area (Å²) in [6.45, 7) is 3.30. The molecule has 0 amide bonds. The summed E-state index contributed by atoms with van der Waals surface area (Å²) in [5, 5.41) is 4.90. The fourth-order valence-corrected chi connectivity index (χ4v) is 2.96. The van der Waals surface area contributed by atoms with E-state index in [4.69, 9.17) is 0 Å². The maximum Gasteiger partial charge on any atom is 0.0702 e. The lowest BCUT2D eigenvalue weighted by Gasteiger charge is -2.23. The molecule has 0 bridgehead atoms. The van der Waals surface area contributed by atoms with Gasteiger partial charge in [0.2, 0.25) is 0 Å². The van der Waals surface area contributed by atoms with Crippen LogP contribution < -0.4 is 5.32 Å². The van der Waals surface area contributed by atoms with Crippen LogP contribution >= 0.6 is 0 Å². The standard InChI is InChI=1S/C17H22N2/c1-13-10-15-11-14(6-8-17(15)19-12-13)5-7-16-4-2-3-9-18-16/h6,8,10-12,16,18H,2-5,7,9H2,1H3. The van der Waals surface area contributed by atoms with Crippen molar-refractivity contribution >= 4 is 10.9 Å². The fraction of sp³-hybridized carbons (Fsp3) is 0.471. The van der Waals surface area contributed by atoms with Crippen molar-refractivity contribution in [3.8, 4) is 0 Å². The molecule has 0 aliphatic carbocycles. The van der Waals surface area contributed by atoms with Crippen molar-refractivity contribution in [2.45, 2.75) is 45.1 Å². The van der Waals surface area contributed by atoms with Gasteiger partial charge >= 0.3 is 0 Å². The Morgan fingerprint density at radius 2 is 2.21 bits per heavy atom. The molecule has 2 nitrogen and oxygen atoms in total. The Hall–Kier alpha value is -1.41. The summed E-state index contributed by atoms with van der Waals surface area (Å²) in [6, 6.07) is 9.63. The zero-order chi connectivity index (χ0) is 13.1. The normalized spacial score (nSPS) is 19.7. The van der Waals surface area contributed by atoms with Crippen molar-refractivity contribution in [1.82, 2.24) is 10.3 Å². The van der Waals surface area contributed by atoms with Gasteiger partial charge in [-0.25, -0.2) is 0 Å². The smallest absolute Gasteiger partial charge is 0.0702 e. The summed E-state index contributed by atoms with van der Waals surface area (Å²) < 4.78 is 0. The second kappa shape index (κ2) is 5.70. The molecule has 100 valence electrons. The highest BCUT2D eigenvalue weighted by Crippen LogP contribution is 2.18. The maximum atomic E-state index is 4.46. The van der Waals surface area contributed by atoms with E-state index >= 15 is 0 Å². The quantitative estimate of drug-likeness (QED) is 0.905. The van der Waals surface area contributed by atoms with Crippen LogP contribution in [0.25, 0.3) is 10.9 Å². The number of aryl methyl sites for hydroxylation is 2. The first-order valence-corrected chi connectivity index (χ1v) is 7.40. The van der Waals surface area contributed by atoms with E-state index in [0.717, 1.165) is 11.6 Å². The SMILES string of the molecule is Cc1cnc2ccc(CCC3CCCCN3)cc2c1. The monoisotopic (exact) mass is 254 g/mol. The number of hydrogen-bond donors (Lipinski definition) is 1. The number of nitrogens with one attached hydrogen (secondary N) is 1. The number of benzene rings is 1. The van der Waals surface area contributed by atoms with Crippen molar-refractivity contribution in [3.05, 3.63) is 41.6 Å². The van der Waals surface area contributed by atoms with Gasteiger partial charge in [-0.1, -0.05) is 12.5 Å². The molecule has 3 rings (SSSR count). The molecule has 1 aromatic heterocycles. The predicted molar refractivity (Wildman–Crippen MR) is 80.4 cm³/mol. The van der Waals surface area contributed by atoms with Crippen LogP contribution in [0.1, 0.15) is 36.8 Å².